The second-order valence-corrected chi connectivity index (χ2v) is 8.74. The first-order valence-corrected chi connectivity index (χ1v) is 12.1. The molecule has 2 aliphatic rings. The lowest BCUT2D eigenvalue weighted by Crippen LogP contribution is -2.49. The SMILES string of the molecule is CCOC(=O)[C@@H]1CCCCN1CC(=O)N1N=C(c2ccc(OC)cc2)C[C@@H]1c1ccc(OC)cc1. The minimum Gasteiger partial charge on any atom is -0.497 e. The van der Waals surface area contributed by atoms with E-state index in [1.807, 2.05) is 53.4 Å². The van der Waals surface area contributed by atoms with E-state index in [1.54, 1.807) is 26.2 Å². The third kappa shape index (κ3) is 5.65. The van der Waals surface area contributed by atoms with Crippen molar-refractivity contribution in [2.45, 2.75) is 44.7 Å². The van der Waals surface area contributed by atoms with E-state index in [0.29, 0.717) is 26.0 Å². The summed E-state index contributed by atoms with van der Waals surface area (Å²) in [5, 5.41) is 6.35. The molecule has 8 nitrogen and oxygen atoms in total. The van der Waals surface area contributed by atoms with Crippen LogP contribution in [0.2, 0.25) is 0 Å². The number of amides is 1. The van der Waals surface area contributed by atoms with Gasteiger partial charge in [-0.3, -0.25) is 14.5 Å². The summed E-state index contributed by atoms with van der Waals surface area (Å²) in [5.74, 6) is 1.13. The number of hydrogen-bond acceptors (Lipinski definition) is 7. The zero-order valence-electron chi connectivity index (χ0n) is 20.6. The van der Waals surface area contributed by atoms with Gasteiger partial charge >= 0.3 is 5.97 Å². The van der Waals surface area contributed by atoms with Crippen molar-refractivity contribution in [3.63, 3.8) is 0 Å². The fourth-order valence-electron chi connectivity index (χ4n) is 4.72. The first kappa shape index (κ1) is 24.7. The highest BCUT2D eigenvalue weighted by molar-refractivity contribution is 6.03. The summed E-state index contributed by atoms with van der Waals surface area (Å²) in [7, 11) is 3.26. The molecule has 35 heavy (non-hydrogen) atoms. The third-order valence-electron chi connectivity index (χ3n) is 6.60. The van der Waals surface area contributed by atoms with Crippen LogP contribution < -0.4 is 9.47 Å². The molecule has 1 amide bonds. The molecule has 2 heterocycles. The number of carbonyl (C=O) groups excluding carboxylic acids is 2. The van der Waals surface area contributed by atoms with Crippen molar-refractivity contribution in [3.05, 3.63) is 59.7 Å². The Bertz CT molecular complexity index is 1050. The Kier molecular flexibility index (Phi) is 8.02. The number of hydrogen-bond donors (Lipinski definition) is 0. The molecule has 2 aromatic rings. The zero-order valence-corrected chi connectivity index (χ0v) is 20.6. The number of ether oxygens (including phenoxy) is 3. The fourth-order valence-corrected chi connectivity index (χ4v) is 4.72. The number of benzene rings is 2. The van der Waals surface area contributed by atoms with Crippen LogP contribution >= 0.6 is 0 Å². The van der Waals surface area contributed by atoms with Gasteiger partial charge < -0.3 is 14.2 Å². The first-order valence-electron chi connectivity index (χ1n) is 12.1. The highest BCUT2D eigenvalue weighted by Gasteiger charge is 2.37. The largest absolute Gasteiger partial charge is 0.497 e. The number of rotatable bonds is 8. The first-order chi connectivity index (χ1) is 17.0. The third-order valence-corrected chi connectivity index (χ3v) is 6.60. The van der Waals surface area contributed by atoms with E-state index in [0.717, 1.165) is 41.2 Å². The monoisotopic (exact) mass is 479 g/mol. The molecule has 1 saturated heterocycles. The lowest BCUT2D eigenvalue weighted by molar-refractivity contribution is -0.152. The van der Waals surface area contributed by atoms with Crippen molar-refractivity contribution in [1.29, 1.82) is 0 Å². The quantitative estimate of drug-likeness (QED) is 0.536. The van der Waals surface area contributed by atoms with Crippen LogP contribution in [-0.4, -0.2) is 67.5 Å². The van der Waals surface area contributed by atoms with Gasteiger partial charge in [0.25, 0.3) is 5.91 Å². The lowest BCUT2D eigenvalue weighted by atomic mass is 9.98. The average Bonchev–Trinajstić information content (AvgIpc) is 3.35. The molecule has 1 fully saturated rings. The Morgan fingerprint density at radius 3 is 2.26 bits per heavy atom. The Morgan fingerprint density at radius 1 is 0.971 bits per heavy atom. The molecule has 0 bridgehead atoms. The zero-order chi connectivity index (χ0) is 24.8. The van der Waals surface area contributed by atoms with E-state index in [4.69, 9.17) is 19.3 Å². The molecule has 2 aliphatic heterocycles. The van der Waals surface area contributed by atoms with E-state index in [1.165, 1.54) is 0 Å². The maximum Gasteiger partial charge on any atom is 0.323 e. The highest BCUT2D eigenvalue weighted by Crippen LogP contribution is 2.34. The van der Waals surface area contributed by atoms with Crippen LogP contribution in [0.5, 0.6) is 11.5 Å². The van der Waals surface area contributed by atoms with Crippen LogP contribution in [0.1, 0.15) is 49.8 Å². The van der Waals surface area contributed by atoms with Crippen molar-refractivity contribution in [2.24, 2.45) is 5.10 Å². The molecular formula is C27H33N3O5. The van der Waals surface area contributed by atoms with Crippen molar-refractivity contribution >= 4 is 17.6 Å². The van der Waals surface area contributed by atoms with E-state index >= 15 is 0 Å². The summed E-state index contributed by atoms with van der Waals surface area (Å²) in [6.07, 6.45) is 3.19. The van der Waals surface area contributed by atoms with Crippen molar-refractivity contribution < 1.29 is 23.8 Å². The lowest BCUT2D eigenvalue weighted by Gasteiger charge is -2.34. The summed E-state index contributed by atoms with van der Waals surface area (Å²) < 4.78 is 15.8. The number of piperidine rings is 1. The van der Waals surface area contributed by atoms with Crippen LogP contribution in [0.4, 0.5) is 0 Å². The standard InChI is InChI=1S/C27H33N3O5/c1-4-35-27(32)24-7-5-6-16-29(24)18-26(31)30-25(20-10-14-22(34-3)15-11-20)17-23(28-30)19-8-12-21(33-2)13-9-19/h8-15,24-25H,4-7,16-18H2,1-3H3/t24-,25+/m0/s1. The minimum atomic E-state index is -0.389. The van der Waals surface area contributed by atoms with E-state index in [2.05, 4.69) is 0 Å². The molecule has 4 rings (SSSR count). The molecule has 0 radical (unpaired) electrons. The number of methoxy groups -OCH3 is 2. The van der Waals surface area contributed by atoms with Gasteiger partial charge in [-0.2, -0.15) is 5.10 Å². The molecule has 186 valence electrons. The van der Waals surface area contributed by atoms with Crippen LogP contribution in [0, 0.1) is 0 Å². The average molecular weight is 480 g/mol. The molecule has 0 saturated carbocycles. The Morgan fingerprint density at radius 2 is 1.63 bits per heavy atom. The van der Waals surface area contributed by atoms with Crippen LogP contribution in [-0.2, 0) is 14.3 Å². The van der Waals surface area contributed by atoms with Crippen LogP contribution in [0.25, 0.3) is 0 Å². The fraction of sp³-hybridized carbons (Fsp3) is 0.444. The van der Waals surface area contributed by atoms with Crippen LogP contribution in [0.15, 0.2) is 53.6 Å². The van der Waals surface area contributed by atoms with E-state index in [9.17, 15) is 9.59 Å². The molecule has 0 N–H and O–H groups in total. The summed E-state index contributed by atoms with van der Waals surface area (Å²) in [6, 6.07) is 14.8. The van der Waals surface area contributed by atoms with Crippen LogP contribution in [0.3, 0.4) is 0 Å². The van der Waals surface area contributed by atoms with Gasteiger partial charge in [0, 0.05) is 6.42 Å². The minimum absolute atomic E-state index is 0.121. The molecule has 2 aromatic carbocycles. The topological polar surface area (TPSA) is 80.7 Å². The molecule has 0 aromatic heterocycles. The Hall–Kier alpha value is -3.39. The van der Waals surface area contributed by atoms with Gasteiger partial charge in [-0.1, -0.05) is 18.6 Å². The predicted molar refractivity (Wildman–Crippen MR) is 133 cm³/mol. The maximum absolute atomic E-state index is 13.6. The second kappa shape index (κ2) is 11.4. The smallest absolute Gasteiger partial charge is 0.323 e. The molecule has 8 heteroatoms. The van der Waals surface area contributed by atoms with Gasteiger partial charge in [0.05, 0.1) is 39.1 Å². The normalized spacial score (nSPS) is 20.3. The van der Waals surface area contributed by atoms with Gasteiger partial charge in [-0.15, -0.1) is 0 Å². The van der Waals surface area contributed by atoms with Crippen molar-refractivity contribution in [3.8, 4) is 11.5 Å². The van der Waals surface area contributed by atoms with Crippen molar-refractivity contribution in [2.75, 3.05) is 33.9 Å². The summed E-state index contributed by atoms with van der Waals surface area (Å²) in [4.78, 5) is 28.1. The predicted octanol–water partition coefficient (Wildman–Crippen LogP) is 3.80. The van der Waals surface area contributed by atoms with Crippen molar-refractivity contribution in [1.82, 2.24) is 9.91 Å². The molecule has 0 spiro atoms. The van der Waals surface area contributed by atoms with Gasteiger partial charge in [-0.05, 0) is 73.8 Å². The highest BCUT2D eigenvalue weighted by atomic mass is 16.5. The second-order valence-electron chi connectivity index (χ2n) is 8.74. The Labute approximate surface area is 206 Å². The van der Waals surface area contributed by atoms with E-state index < -0.39 is 0 Å². The number of carbonyl (C=O) groups is 2. The number of hydrazone groups is 1. The van der Waals surface area contributed by atoms with Gasteiger partial charge in [0.2, 0.25) is 0 Å². The number of nitrogens with zero attached hydrogens (tertiary/aromatic N) is 3. The maximum atomic E-state index is 13.6. The summed E-state index contributed by atoms with van der Waals surface area (Å²) >= 11 is 0. The molecule has 0 aliphatic carbocycles. The molecular weight excluding hydrogens is 446 g/mol. The van der Waals surface area contributed by atoms with E-state index in [-0.39, 0.29) is 30.5 Å². The molecule has 2 atom stereocenters. The Balaban J connectivity index is 1.59. The van der Waals surface area contributed by atoms with Gasteiger partial charge in [-0.25, -0.2) is 5.01 Å². The van der Waals surface area contributed by atoms with Gasteiger partial charge in [0.15, 0.2) is 0 Å². The number of likely N-dealkylation sites (tertiary alicyclic amines) is 1. The summed E-state index contributed by atoms with van der Waals surface area (Å²) in [6.45, 7) is 2.94. The van der Waals surface area contributed by atoms with Gasteiger partial charge in [0.1, 0.15) is 17.5 Å². The number of esters is 1. The molecule has 0 unspecified atom stereocenters. The summed E-state index contributed by atoms with van der Waals surface area (Å²) in [5.41, 5.74) is 2.76.